The fourth-order valence-electron chi connectivity index (χ4n) is 4.06. The number of thioether (sulfide) groups is 1. The number of phenolic OH excluding ortho intramolecular Hbond substituents is 1. The second-order valence-corrected chi connectivity index (χ2v) is 11.6. The van der Waals surface area contributed by atoms with Crippen molar-refractivity contribution in [1.82, 2.24) is 4.57 Å². The number of hydrogen-bond donors (Lipinski definition) is 1. The van der Waals surface area contributed by atoms with Crippen LogP contribution < -0.4 is 19.6 Å². The van der Waals surface area contributed by atoms with E-state index < -0.39 is 12.0 Å². The van der Waals surface area contributed by atoms with Crippen LogP contribution in [-0.4, -0.2) is 34.6 Å². The molecule has 1 atom stereocenters. The third kappa shape index (κ3) is 5.65. The van der Waals surface area contributed by atoms with E-state index in [9.17, 15) is 14.7 Å². The second-order valence-electron chi connectivity index (χ2n) is 8.59. The molecule has 0 saturated heterocycles. The van der Waals surface area contributed by atoms with Crippen LogP contribution in [0, 0.1) is 3.57 Å². The van der Waals surface area contributed by atoms with Gasteiger partial charge in [-0.3, -0.25) is 9.36 Å². The molecule has 0 unspecified atom stereocenters. The number of ether oxygens (including phenoxy) is 2. The van der Waals surface area contributed by atoms with Crippen molar-refractivity contribution in [3.8, 4) is 11.5 Å². The highest BCUT2D eigenvalue weighted by molar-refractivity contribution is 14.1. The highest BCUT2D eigenvalue weighted by Gasteiger charge is 2.33. The van der Waals surface area contributed by atoms with Crippen LogP contribution in [0.1, 0.15) is 44.9 Å². The molecule has 0 bridgehead atoms. The van der Waals surface area contributed by atoms with Gasteiger partial charge in [-0.05, 0) is 98.0 Å². The van der Waals surface area contributed by atoms with Gasteiger partial charge in [0.15, 0.2) is 16.3 Å². The van der Waals surface area contributed by atoms with Crippen LogP contribution in [0.5, 0.6) is 11.5 Å². The number of aromatic nitrogens is 1. The van der Waals surface area contributed by atoms with Gasteiger partial charge in [0.1, 0.15) is 0 Å². The molecule has 0 spiro atoms. The Labute approximate surface area is 236 Å². The van der Waals surface area contributed by atoms with Crippen molar-refractivity contribution in [1.29, 1.82) is 0 Å². The first kappa shape index (κ1) is 27.5. The zero-order valence-corrected chi connectivity index (χ0v) is 24.9. The van der Waals surface area contributed by atoms with E-state index in [4.69, 9.17) is 9.47 Å². The molecule has 1 aliphatic heterocycles. The van der Waals surface area contributed by atoms with Gasteiger partial charge in [-0.15, -0.1) is 11.8 Å². The Morgan fingerprint density at radius 1 is 1.30 bits per heavy atom. The van der Waals surface area contributed by atoms with Crippen molar-refractivity contribution in [2.75, 3.05) is 12.9 Å². The van der Waals surface area contributed by atoms with Gasteiger partial charge in [-0.25, -0.2) is 9.79 Å². The number of allylic oxidation sites excluding steroid dienone is 1. The Bertz CT molecular complexity index is 1560. The molecule has 0 aliphatic carbocycles. The van der Waals surface area contributed by atoms with Crippen LogP contribution in [0.15, 0.2) is 62.4 Å². The molecule has 7 nitrogen and oxygen atoms in total. The first-order valence-electron chi connectivity index (χ1n) is 11.7. The van der Waals surface area contributed by atoms with E-state index in [1.54, 1.807) is 55.3 Å². The number of fused-ring (bicyclic) bond motifs is 1. The summed E-state index contributed by atoms with van der Waals surface area (Å²) in [7, 11) is 0. The molecule has 1 N–H and O–H groups in total. The molecule has 1 aliphatic rings. The van der Waals surface area contributed by atoms with E-state index in [1.807, 2.05) is 60.0 Å². The molecular weight excluding hydrogens is 623 g/mol. The molecule has 0 saturated carbocycles. The maximum absolute atomic E-state index is 13.8. The van der Waals surface area contributed by atoms with Gasteiger partial charge in [-0.1, -0.05) is 23.5 Å². The summed E-state index contributed by atoms with van der Waals surface area (Å²) in [5.74, 6) is -0.0626. The third-order valence-corrected chi connectivity index (χ3v) is 8.21. The molecule has 1 aromatic heterocycles. The molecule has 2 aromatic carbocycles. The molecule has 10 heteroatoms. The minimum atomic E-state index is -0.667. The fourth-order valence-corrected chi connectivity index (χ4v) is 6.14. The summed E-state index contributed by atoms with van der Waals surface area (Å²) in [5.41, 5.74) is 2.13. The number of phenols is 1. The standard InChI is InChI=1S/C27H27IN2O5S2/c1-6-34-20-12-16(11-19(28)24(20)31)13-21-25(32)30-23(17-7-9-18(36-5)10-8-17)22(26(33)35-14(2)3)15(4)29-27(30)37-21/h7-14,23,31H,6H2,1-5H3/b21-13-/t23-/m1/s1. The minimum absolute atomic E-state index is 0.0682. The van der Waals surface area contributed by atoms with Gasteiger partial charge in [0.25, 0.3) is 5.56 Å². The Hall–Kier alpha value is -2.57. The number of esters is 1. The van der Waals surface area contributed by atoms with Crippen molar-refractivity contribution < 1.29 is 19.4 Å². The predicted octanol–water partition coefficient (Wildman–Crippen LogP) is 4.62. The summed E-state index contributed by atoms with van der Waals surface area (Å²) in [6, 6.07) is 10.6. The van der Waals surface area contributed by atoms with E-state index in [-0.39, 0.29) is 17.4 Å². The summed E-state index contributed by atoms with van der Waals surface area (Å²) >= 11 is 4.91. The molecule has 0 amide bonds. The van der Waals surface area contributed by atoms with Gasteiger partial charge in [-0.2, -0.15) is 0 Å². The Morgan fingerprint density at radius 3 is 2.62 bits per heavy atom. The summed E-state index contributed by atoms with van der Waals surface area (Å²) in [6.07, 6.45) is 3.44. The first-order valence-corrected chi connectivity index (χ1v) is 14.8. The first-order chi connectivity index (χ1) is 17.6. The smallest absolute Gasteiger partial charge is 0.338 e. The highest BCUT2D eigenvalue weighted by atomic mass is 127. The normalized spacial score (nSPS) is 15.5. The molecule has 3 aromatic rings. The summed E-state index contributed by atoms with van der Waals surface area (Å²) in [5, 5.41) is 10.3. The molecule has 0 fully saturated rings. The Kier molecular flexibility index (Phi) is 8.49. The van der Waals surface area contributed by atoms with Crippen LogP contribution in [0.25, 0.3) is 6.08 Å². The van der Waals surface area contributed by atoms with E-state index in [0.717, 1.165) is 10.5 Å². The molecule has 37 heavy (non-hydrogen) atoms. The van der Waals surface area contributed by atoms with Crippen molar-refractivity contribution in [2.45, 2.75) is 44.7 Å². The van der Waals surface area contributed by atoms with E-state index >= 15 is 0 Å². The number of thiazole rings is 1. The third-order valence-electron chi connectivity index (χ3n) is 5.66. The zero-order chi connectivity index (χ0) is 26.9. The average Bonchev–Trinajstić information content (AvgIpc) is 3.15. The lowest BCUT2D eigenvalue weighted by atomic mass is 9.96. The van der Waals surface area contributed by atoms with Crippen LogP contribution >= 0.6 is 45.7 Å². The van der Waals surface area contributed by atoms with E-state index in [2.05, 4.69) is 4.99 Å². The molecule has 2 heterocycles. The van der Waals surface area contributed by atoms with Gasteiger partial charge in [0, 0.05) is 4.90 Å². The average molecular weight is 651 g/mol. The molecule has 4 rings (SSSR count). The summed E-state index contributed by atoms with van der Waals surface area (Å²) in [6.45, 7) is 7.60. The maximum atomic E-state index is 13.8. The fraction of sp³-hybridized carbons (Fsp3) is 0.296. The summed E-state index contributed by atoms with van der Waals surface area (Å²) < 4.78 is 13.8. The van der Waals surface area contributed by atoms with Crippen LogP contribution in [-0.2, 0) is 9.53 Å². The number of rotatable bonds is 7. The van der Waals surface area contributed by atoms with Gasteiger partial charge < -0.3 is 14.6 Å². The van der Waals surface area contributed by atoms with Gasteiger partial charge in [0.05, 0.1) is 38.1 Å². The van der Waals surface area contributed by atoms with Crippen molar-refractivity contribution in [2.24, 2.45) is 4.99 Å². The summed E-state index contributed by atoms with van der Waals surface area (Å²) in [4.78, 5) is 33.2. The minimum Gasteiger partial charge on any atom is -0.504 e. The topological polar surface area (TPSA) is 90.1 Å². The monoisotopic (exact) mass is 650 g/mol. The number of carbonyl (C=O) groups excluding carboxylic acids is 1. The lowest BCUT2D eigenvalue weighted by Gasteiger charge is -2.25. The number of aromatic hydroxyl groups is 1. The lowest BCUT2D eigenvalue weighted by Crippen LogP contribution is -2.40. The zero-order valence-electron chi connectivity index (χ0n) is 21.1. The quantitative estimate of drug-likeness (QED) is 0.228. The van der Waals surface area contributed by atoms with Gasteiger partial charge >= 0.3 is 5.97 Å². The number of benzene rings is 2. The Balaban J connectivity index is 1.92. The number of nitrogens with zero attached hydrogens (tertiary/aromatic N) is 2. The molecule has 194 valence electrons. The van der Waals surface area contributed by atoms with Crippen LogP contribution in [0.4, 0.5) is 0 Å². The van der Waals surface area contributed by atoms with Crippen molar-refractivity contribution in [3.63, 3.8) is 0 Å². The van der Waals surface area contributed by atoms with Gasteiger partial charge in [0.2, 0.25) is 0 Å². The number of halogens is 1. The largest absolute Gasteiger partial charge is 0.504 e. The number of carbonyl (C=O) groups is 1. The highest BCUT2D eigenvalue weighted by Crippen LogP contribution is 2.34. The predicted molar refractivity (Wildman–Crippen MR) is 155 cm³/mol. The molecule has 0 radical (unpaired) electrons. The lowest BCUT2D eigenvalue weighted by molar-refractivity contribution is -0.143. The van der Waals surface area contributed by atoms with E-state index in [1.165, 1.54) is 11.3 Å². The van der Waals surface area contributed by atoms with Crippen molar-refractivity contribution in [3.05, 3.63) is 82.1 Å². The van der Waals surface area contributed by atoms with Crippen LogP contribution in [0.2, 0.25) is 0 Å². The second kappa shape index (κ2) is 11.4. The maximum Gasteiger partial charge on any atom is 0.338 e. The molecular formula is C27H27IN2O5S2. The Morgan fingerprint density at radius 2 is 2.00 bits per heavy atom. The van der Waals surface area contributed by atoms with Crippen LogP contribution in [0.3, 0.4) is 0 Å². The van der Waals surface area contributed by atoms with E-state index in [0.29, 0.717) is 42.1 Å². The SMILES string of the molecule is CCOc1cc(/C=c2\sc3n(c2=O)[C@H](c2ccc(SC)cc2)C(C(=O)OC(C)C)=C(C)N=3)cc(I)c1O. The number of hydrogen-bond acceptors (Lipinski definition) is 8. The van der Waals surface area contributed by atoms with Crippen molar-refractivity contribution >= 4 is 57.7 Å².